The van der Waals surface area contributed by atoms with Gasteiger partial charge in [-0.3, -0.25) is 0 Å². The van der Waals surface area contributed by atoms with Gasteiger partial charge in [0.15, 0.2) is 0 Å². The molecule has 5 nitrogen and oxygen atoms in total. The van der Waals surface area contributed by atoms with Crippen LogP contribution in [0, 0.1) is 0 Å². The summed E-state index contributed by atoms with van der Waals surface area (Å²) in [5.41, 5.74) is 6.65. The van der Waals surface area contributed by atoms with Gasteiger partial charge in [0.05, 0.1) is 6.42 Å². The summed E-state index contributed by atoms with van der Waals surface area (Å²) in [7, 11) is 0. The Bertz CT molecular complexity index is 447. The minimum Gasteiger partial charge on any atom is -0.318 e. The maximum atomic E-state index is 11.6. The fraction of sp³-hybridized carbons (Fsp3) is 0.529. The van der Waals surface area contributed by atoms with Gasteiger partial charge < -0.3 is 5.73 Å². The highest BCUT2D eigenvalue weighted by atomic mass is 17.2. The van der Waals surface area contributed by atoms with Gasteiger partial charge in [-0.25, -0.2) is 19.4 Å². The minimum atomic E-state index is -0.847. The lowest BCUT2D eigenvalue weighted by Crippen LogP contribution is -2.34. The van der Waals surface area contributed by atoms with Crippen LogP contribution < -0.4 is 5.73 Å². The number of hydrogen-bond donors (Lipinski definition) is 1. The molecular formula is C17H25NO4. The van der Waals surface area contributed by atoms with E-state index in [1.165, 1.54) is 6.42 Å². The third-order valence-corrected chi connectivity index (χ3v) is 3.30. The predicted octanol–water partition coefficient (Wildman–Crippen LogP) is 2.92. The SMILES string of the molecule is CCCCCCCC(=O)OOC(=O)C(N)Cc1ccccc1. The molecule has 1 aromatic rings. The lowest BCUT2D eigenvalue weighted by atomic mass is 10.1. The topological polar surface area (TPSA) is 78.6 Å². The van der Waals surface area contributed by atoms with Crippen molar-refractivity contribution in [3.8, 4) is 0 Å². The molecule has 0 amide bonds. The summed E-state index contributed by atoms with van der Waals surface area (Å²) in [6.07, 6.45) is 5.74. The lowest BCUT2D eigenvalue weighted by molar-refractivity contribution is -0.260. The van der Waals surface area contributed by atoms with E-state index in [2.05, 4.69) is 16.7 Å². The molecule has 0 fully saturated rings. The summed E-state index contributed by atoms with van der Waals surface area (Å²) < 4.78 is 0. The van der Waals surface area contributed by atoms with E-state index in [0.29, 0.717) is 6.42 Å². The molecule has 1 unspecified atom stereocenters. The number of benzene rings is 1. The van der Waals surface area contributed by atoms with Crippen LogP contribution in [0.2, 0.25) is 0 Å². The molecule has 0 spiro atoms. The number of unbranched alkanes of at least 4 members (excludes halogenated alkanes) is 4. The highest BCUT2D eigenvalue weighted by Crippen LogP contribution is 2.07. The lowest BCUT2D eigenvalue weighted by Gasteiger charge is -2.09. The van der Waals surface area contributed by atoms with E-state index >= 15 is 0 Å². The van der Waals surface area contributed by atoms with E-state index in [4.69, 9.17) is 5.73 Å². The molecule has 2 N–H and O–H groups in total. The average Bonchev–Trinajstić information content (AvgIpc) is 2.53. The van der Waals surface area contributed by atoms with Crippen LogP contribution in [0.25, 0.3) is 0 Å². The van der Waals surface area contributed by atoms with E-state index in [1.807, 2.05) is 30.3 Å². The molecule has 1 rings (SSSR count). The van der Waals surface area contributed by atoms with Gasteiger partial charge in [-0.2, -0.15) is 0 Å². The van der Waals surface area contributed by atoms with Crippen molar-refractivity contribution in [2.24, 2.45) is 5.73 Å². The number of nitrogens with two attached hydrogens (primary N) is 1. The summed E-state index contributed by atoms with van der Waals surface area (Å²) in [5, 5.41) is 0. The van der Waals surface area contributed by atoms with Crippen molar-refractivity contribution in [1.82, 2.24) is 0 Å². The number of carbonyl (C=O) groups is 2. The molecule has 1 aromatic carbocycles. The second kappa shape index (κ2) is 10.8. The quantitative estimate of drug-likeness (QED) is 0.431. The molecule has 0 radical (unpaired) electrons. The molecule has 122 valence electrons. The van der Waals surface area contributed by atoms with Gasteiger partial charge in [0.1, 0.15) is 6.04 Å². The molecule has 0 aromatic heterocycles. The molecular weight excluding hydrogens is 282 g/mol. The van der Waals surface area contributed by atoms with Crippen molar-refractivity contribution < 1.29 is 19.4 Å². The van der Waals surface area contributed by atoms with Crippen LogP contribution >= 0.6 is 0 Å². The minimum absolute atomic E-state index is 0.255. The monoisotopic (exact) mass is 307 g/mol. The largest absolute Gasteiger partial charge is 0.372 e. The smallest absolute Gasteiger partial charge is 0.318 e. The van der Waals surface area contributed by atoms with Crippen LogP contribution in [0.4, 0.5) is 0 Å². The predicted molar refractivity (Wildman–Crippen MR) is 83.7 cm³/mol. The molecule has 0 aliphatic rings. The van der Waals surface area contributed by atoms with Crippen molar-refractivity contribution in [2.75, 3.05) is 0 Å². The maximum Gasteiger partial charge on any atom is 0.372 e. The zero-order valence-corrected chi connectivity index (χ0v) is 13.1. The summed E-state index contributed by atoms with van der Waals surface area (Å²) in [6.45, 7) is 2.13. The maximum absolute atomic E-state index is 11.6. The van der Waals surface area contributed by atoms with Gasteiger partial charge in [-0.15, -0.1) is 0 Å². The van der Waals surface area contributed by atoms with Crippen LogP contribution in [0.5, 0.6) is 0 Å². The fourth-order valence-corrected chi connectivity index (χ4v) is 2.02. The van der Waals surface area contributed by atoms with E-state index in [-0.39, 0.29) is 6.42 Å². The third kappa shape index (κ3) is 7.78. The van der Waals surface area contributed by atoms with Gasteiger partial charge in [0.25, 0.3) is 0 Å². The van der Waals surface area contributed by atoms with Gasteiger partial charge in [0, 0.05) is 0 Å². The second-order valence-corrected chi connectivity index (χ2v) is 5.32. The second-order valence-electron chi connectivity index (χ2n) is 5.32. The van der Waals surface area contributed by atoms with E-state index in [0.717, 1.165) is 31.2 Å². The van der Waals surface area contributed by atoms with Gasteiger partial charge in [-0.05, 0) is 18.4 Å². The first-order valence-electron chi connectivity index (χ1n) is 7.84. The highest BCUT2D eigenvalue weighted by molar-refractivity contribution is 5.77. The molecule has 0 bridgehead atoms. The van der Waals surface area contributed by atoms with Crippen LogP contribution in [-0.4, -0.2) is 18.0 Å². The molecule has 22 heavy (non-hydrogen) atoms. The van der Waals surface area contributed by atoms with E-state index < -0.39 is 18.0 Å². The first-order valence-corrected chi connectivity index (χ1v) is 7.84. The summed E-state index contributed by atoms with van der Waals surface area (Å²) in [5.74, 6) is -1.26. The van der Waals surface area contributed by atoms with Gasteiger partial charge in [-0.1, -0.05) is 62.9 Å². The Morgan fingerprint density at radius 2 is 1.73 bits per heavy atom. The number of rotatable bonds is 9. The van der Waals surface area contributed by atoms with Crippen LogP contribution in [0.15, 0.2) is 30.3 Å². The zero-order chi connectivity index (χ0) is 16.2. The standard InChI is InChI=1S/C17H25NO4/c1-2-3-4-5-9-12-16(19)21-22-17(20)15(18)13-14-10-7-6-8-11-14/h6-8,10-11,15H,2-5,9,12-13,18H2,1H3. The van der Waals surface area contributed by atoms with Gasteiger partial charge >= 0.3 is 11.9 Å². The zero-order valence-electron chi connectivity index (χ0n) is 13.1. The number of carbonyl (C=O) groups excluding carboxylic acids is 2. The Morgan fingerprint density at radius 3 is 2.41 bits per heavy atom. The third-order valence-electron chi connectivity index (χ3n) is 3.30. The van der Waals surface area contributed by atoms with Crippen LogP contribution in [0.1, 0.15) is 51.0 Å². The Labute approximate surface area is 131 Å². The Kier molecular flexibility index (Phi) is 8.91. The van der Waals surface area contributed by atoms with Crippen molar-refractivity contribution in [1.29, 1.82) is 0 Å². The summed E-state index contributed by atoms with van der Waals surface area (Å²) >= 11 is 0. The average molecular weight is 307 g/mol. The van der Waals surface area contributed by atoms with Crippen molar-refractivity contribution >= 4 is 11.9 Å². The molecule has 0 heterocycles. The summed E-state index contributed by atoms with van der Waals surface area (Å²) in [6, 6.07) is 8.51. The molecule has 0 aliphatic heterocycles. The fourth-order valence-electron chi connectivity index (χ4n) is 2.02. The van der Waals surface area contributed by atoms with E-state index in [1.54, 1.807) is 0 Å². The Balaban J connectivity index is 2.17. The van der Waals surface area contributed by atoms with Crippen LogP contribution in [-0.2, 0) is 25.8 Å². The first-order chi connectivity index (χ1) is 10.6. The Morgan fingerprint density at radius 1 is 1.05 bits per heavy atom. The molecule has 0 saturated carbocycles. The molecule has 0 saturated heterocycles. The van der Waals surface area contributed by atoms with Crippen molar-refractivity contribution in [3.63, 3.8) is 0 Å². The molecule has 0 aliphatic carbocycles. The van der Waals surface area contributed by atoms with Gasteiger partial charge in [0.2, 0.25) is 0 Å². The number of hydrogen-bond acceptors (Lipinski definition) is 5. The summed E-state index contributed by atoms with van der Waals surface area (Å²) in [4.78, 5) is 32.1. The van der Waals surface area contributed by atoms with Crippen molar-refractivity contribution in [3.05, 3.63) is 35.9 Å². The molecule has 5 heteroatoms. The normalized spacial score (nSPS) is 11.7. The van der Waals surface area contributed by atoms with Crippen LogP contribution in [0.3, 0.4) is 0 Å². The first kappa shape index (κ1) is 18.2. The van der Waals surface area contributed by atoms with E-state index in [9.17, 15) is 9.59 Å². The van der Waals surface area contributed by atoms with Crippen molar-refractivity contribution in [2.45, 2.75) is 57.9 Å². The Hall–Kier alpha value is -1.88. The highest BCUT2D eigenvalue weighted by Gasteiger charge is 2.18. The molecule has 1 atom stereocenters.